The van der Waals surface area contributed by atoms with E-state index in [4.69, 9.17) is 10.5 Å². The minimum Gasteiger partial charge on any atom is -0.475 e. The zero-order valence-electron chi connectivity index (χ0n) is 16.4. The number of fused-ring (bicyclic) bond motifs is 4. The number of rotatable bonds is 2. The minimum absolute atomic E-state index is 0.106. The molecule has 12 heteroatoms. The highest BCUT2D eigenvalue weighted by atomic mass is 19.4. The normalized spacial score (nSPS) is 15.7. The van der Waals surface area contributed by atoms with Gasteiger partial charge in [0.05, 0.1) is 35.2 Å². The second-order valence-electron chi connectivity index (χ2n) is 7.30. The number of imidazole rings is 1. The van der Waals surface area contributed by atoms with Crippen LogP contribution in [-0.4, -0.2) is 43.8 Å². The van der Waals surface area contributed by atoms with Crippen LogP contribution < -0.4 is 10.5 Å². The van der Waals surface area contributed by atoms with Gasteiger partial charge in [0.2, 0.25) is 5.88 Å². The van der Waals surface area contributed by atoms with Crippen LogP contribution in [0.3, 0.4) is 0 Å². The van der Waals surface area contributed by atoms with Crippen molar-refractivity contribution >= 4 is 28.3 Å². The number of benzene rings is 1. The molecule has 1 aliphatic rings. The number of hydrogen-bond donors (Lipinski definition) is 1. The molecule has 1 amide bonds. The van der Waals surface area contributed by atoms with Gasteiger partial charge in [-0.2, -0.15) is 13.2 Å². The number of nitrogens with two attached hydrogens (primary N) is 1. The molecule has 32 heavy (non-hydrogen) atoms. The minimum atomic E-state index is -4.62. The van der Waals surface area contributed by atoms with Crippen molar-refractivity contribution in [2.24, 2.45) is 0 Å². The van der Waals surface area contributed by atoms with Gasteiger partial charge in [-0.25, -0.2) is 19.3 Å². The maximum absolute atomic E-state index is 14.8. The second-order valence-corrected chi connectivity index (χ2v) is 7.30. The number of alkyl halides is 3. The van der Waals surface area contributed by atoms with Crippen LogP contribution in [0.25, 0.3) is 16.6 Å². The first-order valence-corrected chi connectivity index (χ1v) is 9.34. The van der Waals surface area contributed by atoms with Gasteiger partial charge in [-0.05, 0) is 18.2 Å². The number of nitrogen functional groups attached to an aromatic ring is 1. The third-order valence-corrected chi connectivity index (χ3v) is 5.40. The Morgan fingerprint density at radius 1 is 1.25 bits per heavy atom. The molecule has 8 nitrogen and oxygen atoms in total. The zero-order valence-corrected chi connectivity index (χ0v) is 16.4. The number of anilines is 1. The van der Waals surface area contributed by atoms with Crippen molar-refractivity contribution in [1.82, 2.24) is 24.3 Å². The van der Waals surface area contributed by atoms with Crippen LogP contribution in [0.15, 0.2) is 36.8 Å². The van der Waals surface area contributed by atoms with E-state index >= 15 is 0 Å². The molecule has 2 N–H and O–H groups in total. The Hall–Kier alpha value is -3.96. The molecule has 0 aliphatic carbocycles. The molecule has 0 radical (unpaired) electrons. The second kappa shape index (κ2) is 6.77. The number of halogens is 4. The van der Waals surface area contributed by atoms with E-state index in [1.807, 2.05) is 0 Å². The lowest BCUT2D eigenvalue weighted by molar-refractivity contribution is -0.141. The van der Waals surface area contributed by atoms with E-state index < -0.39 is 29.6 Å². The van der Waals surface area contributed by atoms with Crippen molar-refractivity contribution in [2.75, 3.05) is 19.4 Å². The molecule has 5 rings (SSSR count). The molecule has 1 unspecified atom stereocenters. The van der Waals surface area contributed by atoms with E-state index in [1.54, 1.807) is 4.40 Å². The molecule has 3 aromatic heterocycles. The molecule has 0 bridgehead atoms. The summed E-state index contributed by atoms with van der Waals surface area (Å²) in [7, 11) is 1.42. The number of hydrogen-bond acceptors (Lipinski definition) is 6. The number of carbonyl (C=O) groups excluding carboxylic acids is 1. The number of ether oxygens (including phenoxy) is 1. The number of likely N-dealkylation sites (N-methyl/N-ethyl adjacent to an activating group) is 1. The highest BCUT2D eigenvalue weighted by Gasteiger charge is 2.37. The van der Waals surface area contributed by atoms with E-state index in [1.165, 1.54) is 36.6 Å². The molecule has 1 aliphatic heterocycles. The van der Waals surface area contributed by atoms with Gasteiger partial charge in [-0.1, -0.05) is 0 Å². The summed E-state index contributed by atoms with van der Waals surface area (Å²) in [6, 6.07) is 3.74. The molecule has 0 saturated carbocycles. The number of pyridine rings is 1. The SMILES string of the molecule is CN(C(=O)c1cc2c(cc1F)nc(N)c1cncn12)C1COc2nc(C(F)(F)F)ccc21. The van der Waals surface area contributed by atoms with Crippen molar-refractivity contribution in [1.29, 1.82) is 0 Å². The van der Waals surface area contributed by atoms with E-state index in [9.17, 15) is 22.4 Å². The molecule has 1 atom stereocenters. The van der Waals surface area contributed by atoms with Crippen molar-refractivity contribution in [3.63, 3.8) is 0 Å². The summed E-state index contributed by atoms with van der Waals surface area (Å²) in [5.74, 6) is -1.54. The van der Waals surface area contributed by atoms with Gasteiger partial charge in [-0.15, -0.1) is 0 Å². The van der Waals surface area contributed by atoms with E-state index in [2.05, 4.69) is 15.0 Å². The fourth-order valence-corrected chi connectivity index (χ4v) is 3.74. The summed E-state index contributed by atoms with van der Waals surface area (Å²) in [6.45, 7) is -0.106. The Balaban J connectivity index is 1.53. The zero-order chi connectivity index (χ0) is 22.8. The monoisotopic (exact) mass is 446 g/mol. The molecule has 1 aromatic carbocycles. The van der Waals surface area contributed by atoms with Gasteiger partial charge in [-0.3, -0.25) is 9.20 Å². The van der Waals surface area contributed by atoms with E-state index in [0.29, 0.717) is 16.6 Å². The van der Waals surface area contributed by atoms with Gasteiger partial charge in [0.1, 0.15) is 29.5 Å². The van der Waals surface area contributed by atoms with Gasteiger partial charge >= 0.3 is 6.18 Å². The van der Waals surface area contributed by atoms with Crippen LogP contribution in [0.2, 0.25) is 0 Å². The Kier molecular flexibility index (Phi) is 4.23. The largest absolute Gasteiger partial charge is 0.475 e. The first-order valence-electron chi connectivity index (χ1n) is 9.34. The van der Waals surface area contributed by atoms with Crippen LogP contribution >= 0.6 is 0 Å². The fraction of sp³-hybridized carbons (Fsp3) is 0.200. The third-order valence-electron chi connectivity index (χ3n) is 5.40. The van der Waals surface area contributed by atoms with Crippen LogP contribution in [-0.2, 0) is 6.18 Å². The lowest BCUT2D eigenvalue weighted by Gasteiger charge is -2.24. The highest BCUT2D eigenvalue weighted by Crippen LogP contribution is 2.38. The standard InChI is InChI=1S/C20H14F4N6O2/c1-29(15-7-32-18-9(15)2-3-16(28-18)20(22,23)24)19(31)10-4-13-12(5-11(10)21)27-17(25)14-6-26-8-30(13)14/h2-6,8,15H,7H2,1H3,(H2,25,27). The molecule has 0 saturated heterocycles. The maximum atomic E-state index is 14.8. The van der Waals surface area contributed by atoms with Crippen molar-refractivity contribution in [2.45, 2.75) is 12.2 Å². The fourth-order valence-electron chi connectivity index (χ4n) is 3.74. The van der Waals surface area contributed by atoms with Crippen molar-refractivity contribution in [3.05, 3.63) is 59.4 Å². The quantitative estimate of drug-likeness (QED) is 0.475. The molecule has 0 spiro atoms. The Morgan fingerprint density at radius 3 is 2.78 bits per heavy atom. The van der Waals surface area contributed by atoms with Crippen LogP contribution in [0.1, 0.15) is 27.7 Å². The van der Waals surface area contributed by atoms with Gasteiger partial charge in [0, 0.05) is 18.7 Å². The summed E-state index contributed by atoms with van der Waals surface area (Å²) in [5.41, 5.74) is 6.00. The lowest BCUT2D eigenvalue weighted by Crippen LogP contribution is -2.32. The number of aromatic nitrogens is 4. The predicted molar refractivity (Wildman–Crippen MR) is 104 cm³/mol. The smallest absolute Gasteiger partial charge is 0.433 e. The molecule has 4 aromatic rings. The molecular formula is C20H14F4N6O2. The van der Waals surface area contributed by atoms with Crippen molar-refractivity contribution < 1.29 is 27.1 Å². The van der Waals surface area contributed by atoms with Gasteiger partial charge in [0.15, 0.2) is 0 Å². The van der Waals surface area contributed by atoms with Gasteiger partial charge < -0.3 is 15.4 Å². The van der Waals surface area contributed by atoms with Crippen molar-refractivity contribution in [3.8, 4) is 5.88 Å². The first-order chi connectivity index (χ1) is 15.1. The summed E-state index contributed by atoms with van der Waals surface area (Å²) >= 11 is 0. The molecular weight excluding hydrogens is 432 g/mol. The van der Waals surface area contributed by atoms with E-state index in [-0.39, 0.29) is 29.4 Å². The molecule has 164 valence electrons. The van der Waals surface area contributed by atoms with Crippen LogP contribution in [0, 0.1) is 5.82 Å². The average molecular weight is 446 g/mol. The number of amides is 1. The number of nitrogens with zero attached hydrogens (tertiary/aromatic N) is 5. The van der Waals surface area contributed by atoms with Gasteiger partial charge in [0.25, 0.3) is 5.91 Å². The molecule has 0 fully saturated rings. The molecule has 4 heterocycles. The predicted octanol–water partition coefficient (Wildman–Crippen LogP) is 3.22. The van der Waals surface area contributed by atoms with E-state index in [0.717, 1.165) is 12.1 Å². The number of carbonyl (C=O) groups is 1. The Bertz CT molecular complexity index is 1400. The first kappa shape index (κ1) is 20.0. The van der Waals surface area contributed by atoms with Crippen LogP contribution in [0.5, 0.6) is 5.88 Å². The average Bonchev–Trinajstić information content (AvgIpc) is 3.39. The summed E-state index contributed by atoms with van der Waals surface area (Å²) in [6.07, 6.45) is -1.66. The topological polar surface area (TPSA) is 98.6 Å². The highest BCUT2D eigenvalue weighted by molar-refractivity contribution is 5.98. The lowest BCUT2D eigenvalue weighted by atomic mass is 10.1. The summed E-state index contributed by atoms with van der Waals surface area (Å²) < 4.78 is 60.4. The summed E-state index contributed by atoms with van der Waals surface area (Å²) in [5, 5.41) is 0. The Morgan fingerprint density at radius 2 is 2.03 bits per heavy atom. The Labute approximate surface area is 177 Å². The van der Waals surface area contributed by atoms with Crippen LogP contribution in [0.4, 0.5) is 23.4 Å². The summed E-state index contributed by atoms with van der Waals surface area (Å²) in [4.78, 5) is 26.0. The third kappa shape index (κ3) is 2.98. The maximum Gasteiger partial charge on any atom is 0.433 e.